The third-order valence-corrected chi connectivity index (χ3v) is 3.80. The lowest BCUT2D eigenvalue weighted by molar-refractivity contribution is -0.657. The van der Waals surface area contributed by atoms with Crippen molar-refractivity contribution in [2.24, 2.45) is 0 Å². The molecule has 0 amide bonds. The Labute approximate surface area is 138 Å². The third-order valence-electron chi connectivity index (χ3n) is 3.80. The van der Waals surface area contributed by atoms with Gasteiger partial charge < -0.3 is 4.74 Å². The minimum absolute atomic E-state index is 0.0223. The largest absolute Gasteiger partial charge is 0.497 e. The lowest BCUT2D eigenvalue weighted by Crippen LogP contribution is -2.38. The Hall–Kier alpha value is -3.28. The second-order valence-corrected chi connectivity index (χ2v) is 5.26. The quantitative estimate of drug-likeness (QED) is 0.313. The van der Waals surface area contributed by atoms with Crippen LogP contribution in [0.15, 0.2) is 60.8 Å². The van der Waals surface area contributed by atoms with Gasteiger partial charge in [-0.15, -0.1) is 0 Å². The molecule has 0 atom stereocenters. The first-order valence-electron chi connectivity index (χ1n) is 7.33. The van der Waals surface area contributed by atoms with E-state index in [1.807, 2.05) is 30.3 Å². The number of rotatable bonds is 5. The molecule has 6 nitrogen and oxygen atoms in total. The van der Waals surface area contributed by atoms with Crippen molar-refractivity contribution in [2.75, 3.05) is 7.11 Å². The van der Waals surface area contributed by atoms with Crippen LogP contribution in [0.2, 0.25) is 0 Å². The smallest absolute Gasteiger partial charge is 0.280 e. The predicted molar refractivity (Wildman–Crippen MR) is 88.1 cm³/mol. The fourth-order valence-electron chi connectivity index (χ4n) is 2.63. The normalized spacial score (nSPS) is 10.5. The summed E-state index contributed by atoms with van der Waals surface area (Å²) in [5.41, 5.74) is 0.788. The number of carbonyl (C=O) groups is 1. The highest BCUT2D eigenvalue weighted by atomic mass is 16.6. The van der Waals surface area contributed by atoms with Crippen LogP contribution < -0.4 is 9.30 Å². The molecule has 1 heterocycles. The van der Waals surface area contributed by atoms with Crippen molar-refractivity contribution < 1.29 is 19.0 Å². The van der Waals surface area contributed by atoms with Gasteiger partial charge in [0.25, 0.3) is 5.69 Å². The van der Waals surface area contributed by atoms with Crippen LogP contribution in [0.3, 0.4) is 0 Å². The second kappa shape index (κ2) is 6.45. The summed E-state index contributed by atoms with van der Waals surface area (Å²) in [4.78, 5) is 23.1. The summed E-state index contributed by atoms with van der Waals surface area (Å²) in [6, 6.07) is 15.3. The van der Waals surface area contributed by atoms with Crippen LogP contribution >= 0.6 is 0 Å². The molecule has 0 unspecified atom stereocenters. The van der Waals surface area contributed by atoms with E-state index in [2.05, 4.69) is 0 Å². The summed E-state index contributed by atoms with van der Waals surface area (Å²) in [5.74, 6) is 0.417. The number of nitro benzene ring substituents is 1. The second-order valence-electron chi connectivity index (χ2n) is 5.26. The molecule has 24 heavy (non-hydrogen) atoms. The van der Waals surface area contributed by atoms with Crippen LogP contribution in [0.1, 0.15) is 10.4 Å². The van der Waals surface area contributed by atoms with E-state index < -0.39 is 4.92 Å². The Bertz CT molecular complexity index is 937. The lowest BCUT2D eigenvalue weighted by atomic mass is 10.1. The van der Waals surface area contributed by atoms with E-state index in [1.165, 1.54) is 12.1 Å². The zero-order chi connectivity index (χ0) is 17.1. The molecule has 0 fully saturated rings. The van der Waals surface area contributed by atoms with Crippen molar-refractivity contribution in [2.45, 2.75) is 6.54 Å². The standard InChI is InChI=1S/C18H15N2O4/c1-24-14-8-9-16-13(11-14)5-4-10-19(16)12-18(21)15-6-2-3-7-17(15)20(22)23/h2-11H,12H2,1H3/q+1. The highest BCUT2D eigenvalue weighted by molar-refractivity contribution is 5.99. The number of Topliss-reactive ketones (excluding diaryl/α,β-unsaturated/α-hetero) is 1. The molecule has 0 spiro atoms. The number of para-hydroxylation sites is 1. The topological polar surface area (TPSA) is 73.3 Å². The predicted octanol–water partition coefficient (Wildman–Crippen LogP) is 2.93. The molecule has 3 aromatic rings. The summed E-state index contributed by atoms with van der Waals surface area (Å²) < 4.78 is 6.98. The van der Waals surface area contributed by atoms with E-state index >= 15 is 0 Å². The maximum absolute atomic E-state index is 12.6. The average Bonchev–Trinajstić information content (AvgIpc) is 2.61. The SMILES string of the molecule is COc1ccc2c(ccc[n+]2CC(=O)c2ccccc2[N+](=O)[O-])c1. The van der Waals surface area contributed by atoms with Crippen LogP contribution in [0, 0.1) is 10.1 Å². The number of ether oxygens (including phenoxy) is 1. The molecule has 120 valence electrons. The first kappa shape index (κ1) is 15.6. The summed E-state index contributed by atoms with van der Waals surface area (Å²) in [7, 11) is 1.59. The van der Waals surface area contributed by atoms with Crippen LogP contribution in [-0.4, -0.2) is 17.8 Å². The van der Waals surface area contributed by atoms with Crippen molar-refractivity contribution in [3.05, 3.63) is 76.5 Å². The van der Waals surface area contributed by atoms with E-state index in [0.29, 0.717) is 0 Å². The highest BCUT2D eigenvalue weighted by Crippen LogP contribution is 2.20. The molecular formula is C18H15N2O4+. The molecule has 0 aliphatic carbocycles. The van der Waals surface area contributed by atoms with Gasteiger partial charge >= 0.3 is 0 Å². The van der Waals surface area contributed by atoms with Crippen molar-refractivity contribution in [1.29, 1.82) is 0 Å². The zero-order valence-electron chi connectivity index (χ0n) is 13.0. The number of hydrogen-bond acceptors (Lipinski definition) is 4. The fraction of sp³-hybridized carbons (Fsp3) is 0.111. The molecule has 1 aromatic heterocycles. The van der Waals surface area contributed by atoms with Gasteiger partial charge in [0, 0.05) is 18.2 Å². The van der Waals surface area contributed by atoms with Gasteiger partial charge in [-0.25, -0.2) is 0 Å². The van der Waals surface area contributed by atoms with Crippen molar-refractivity contribution in [3.63, 3.8) is 0 Å². The number of benzene rings is 2. The number of nitro groups is 1. The molecule has 0 aliphatic heterocycles. The van der Waals surface area contributed by atoms with Crippen LogP contribution in [0.4, 0.5) is 5.69 Å². The van der Waals surface area contributed by atoms with Crippen molar-refractivity contribution >= 4 is 22.4 Å². The monoisotopic (exact) mass is 323 g/mol. The van der Waals surface area contributed by atoms with Gasteiger partial charge in [-0.05, 0) is 24.3 Å². The maximum Gasteiger partial charge on any atom is 0.280 e. The van der Waals surface area contributed by atoms with Gasteiger partial charge in [0.05, 0.1) is 17.4 Å². The molecule has 6 heteroatoms. The van der Waals surface area contributed by atoms with E-state index in [9.17, 15) is 14.9 Å². The van der Waals surface area contributed by atoms with Crippen LogP contribution in [-0.2, 0) is 6.54 Å². The summed E-state index contributed by atoms with van der Waals surface area (Å²) in [6.45, 7) is 0.0223. The van der Waals surface area contributed by atoms with Crippen molar-refractivity contribution in [3.8, 4) is 5.75 Å². The number of aromatic nitrogens is 1. The first-order chi connectivity index (χ1) is 11.6. The molecule has 0 bridgehead atoms. The number of carbonyl (C=O) groups excluding carboxylic acids is 1. The molecule has 0 radical (unpaired) electrons. The van der Waals surface area contributed by atoms with Gasteiger partial charge in [0.15, 0.2) is 6.20 Å². The number of pyridine rings is 1. The van der Waals surface area contributed by atoms with Crippen LogP contribution in [0.5, 0.6) is 5.75 Å². The minimum atomic E-state index is -0.536. The molecule has 0 aliphatic rings. The molecule has 0 saturated carbocycles. The summed E-state index contributed by atoms with van der Waals surface area (Å²) in [6.07, 6.45) is 1.78. The summed E-state index contributed by atoms with van der Waals surface area (Å²) in [5, 5.41) is 12.0. The van der Waals surface area contributed by atoms with Gasteiger partial charge in [-0.3, -0.25) is 14.9 Å². The Balaban J connectivity index is 1.98. The lowest BCUT2D eigenvalue weighted by Gasteiger charge is -2.04. The fourth-order valence-corrected chi connectivity index (χ4v) is 2.63. The Morgan fingerprint density at radius 3 is 2.71 bits per heavy atom. The maximum atomic E-state index is 12.6. The number of nitrogens with zero attached hydrogens (tertiary/aromatic N) is 2. The van der Waals surface area contributed by atoms with Crippen LogP contribution in [0.25, 0.3) is 10.9 Å². The van der Waals surface area contributed by atoms with Gasteiger partial charge in [-0.2, -0.15) is 4.57 Å². The van der Waals surface area contributed by atoms with Crippen molar-refractivity contribution in [1.82, 2.24) is 0 Å². The number of methoxy groups -OCH3 is 1. The van der Waals surface area contributed by atoms with E-state index in [-0.39, 0.29) is 23.6 Å². The van der Waals surface area contributed by atoms with E-state index in [4.69, 9.17) is 4.74 Å². The Morgan fingerprint density at radius 2 is 1.96 bits per heavy atom. The number of fused-ring (bicyclic) bond motifs is 1. The molecule has 2 aromatic carbocycles. The highest BCUT2D eigenvalue weighted by Gasteiger charge is 2.23. The van der Waals surface area contributed by atoms with E-state index in [1.54, 1.807) is 30.0 Å². The summed E-state index contributed by atoms with van der Waals surface area (Å²) >= 11 is 0. The number of ketones is 1. The Kier molecular flexibility index (Phi) is 4.20. The van der Waals surface area contributed by atoms with E-state index in [0.717, 1.165) is 16.7 Å². The first-order valence-corrected chi connectivity index (χ1v) is 7.33. The average molecular weight is 323 g/mol. The Morgan fingerprint density at radius 1 is 1.17 bits per heavy atom. The molecule has 0 saturated heterocycles. The van der Waals surface area contributed by atoms with Gasteiger partial charge in [0.2, 0.25) is 17.8 Å². The molecular weight excluding hydrogens is 308 g/mol. The third kappa shape index (κ3) is 2.94. The van der Waals surface area contributed by atoms with Gasteiger partial charge in [0.1, 0.15) is 11.3 Å². The minimum Gasteiger partial charge on any atom is -0.497 e. The molecule has 3 rings (SSSR count). The number of hydrogen-bond donors (Lipinski definition) is 0. The molecule has 0 N–H and O–H groups in total. The zero-order valence-corrected chi connectivity index (χ0v) is 13.0. The van der Waals surface area contributed by atoms with Gasteiger partial charge in [-0.1, -0.05) is 12.1 Å².